The molecule has 4 nitrogen and oxygen atoms in total. The zero-order valence-corrected chi connectivity index (χ0v) is 14.7. The molecule has 0 spiro atoms. The molecule has 21 heavy (non-hydrogen) atoms. The van der Waals surface area contributed by atoms with Gasteiger partial charge in [-0.25, -0.2) is 0 Å². The molecule has 0 saturated heterocycles. The average molecular weight is 358 g/mol. The van der Waals surface area contributed by atoms with Crippen LogP contribution in [-0.2, 0) is 4.79 Å². The maximum absolute atomic E-state index is 12.0. The number of benzene rings is 1. The Kier molecular flexibility index (Phi) is 6.68. The number of carbonyl (C=O) groups is 1. The van der Waals surface area contributed by atoms with E-state index in [2.05, 4.69) is 21.2 Å². The standard InChI is InChI=1S/C16H24BrNO3/c1-11-5-6-13(12(17)9-11)21-10-15(20)18-14(7-8-19)16(2,3)4/h5-6,9,14,19H,7-8,10H2,1-4H3,(H,18,20). The van der Waals surface area contributed by atoms with E-state index in [1.165, 1.54) is 0 Å². The van der Waals surface area contributed by atoms with Gasteiger partial charge in [0.25, 0.3) is 5.91 Å². The molecule has 1 unspecified atom stereocenters. The Hall–Kier alpha value is -1.07. The largest absolute Gasteiger partial charge is 0.483 e. The van der Waals surface area contributed by atoms with E-state index in [0.29, 0.717) is 12.2 Å². The van der Waals surface area contributed by atoms with Crippen LogP contribution >= 0.6 is 15.9 Å². The number of aliphatic hydroxyl groups is 1. The molecule has 0 aliphatic rings. The fourth-order valence-corrected chi connectivity index (χ4v) is 2.56. The molecule has 0 aliphatic heterocycles. The quantitative estimate of drug-likeness (QED) is 0.822. The zero-order valence-electron chi connectivity index (χ0n) is 13.1. The summed E-state index contributed by atoms with van der Waals surface area (Å²) in [6, 6.07) is 5.63. The summed E-state index contributed by atoms with van der Waals surface area (Å²) in [6.45, 7) is 8.09. The van der Waals surface area contributed by atoms with E-state index in [1.54, 1.807) is 0 Å². The van der Waals surface area contributed by atoms with Gasteiger partial charge in [-0.3, -0.25) is 4.79 Å². The van der Waals surface area contributed by atoms with E-state index in [-0.39, 0.29) is 30.6 Å². The van der Waals surface area contributed by atoms with Crippen LogP contribution < -0.4 is 10.1 Å². The highest BCUT2D eigenvalue weighted by Gasteiger charge is 2.25. The number of carbonyl (C=O) groups excluding carboxylic acids is 1. The van der Waals surface area contributed by atoms with Crippen LogP contribution in [0.25, 0.3) is 0 Å². The van der Waals surface area contributed by atoms with Crippen molar-refractivity contribution >= 4 is 21.8 Å². The number of amides is 1. The van der Waals surface area contributed by atoms with E-state index >= 15 is 0 Å². The first kappa shape index (κ1) is 18.0. The summed E-state index contributed by atoms with van der Waals surface area (Å²) in [4.78, 5) is 12.0. The Labute approximate surface area is 135 Å². The topological polar surface area (TPSA) is 58.6 Å². The van der Waals surface area contributed by atoms with Crippen molar-refractivity contribution in [2.24, 2.45) is 5.41 Å². The maximum Gasteiger partial charge on any atom is 0.258 e. The first-order valence-electron chi connectivity index (χ1n) is 7.03. The summed E-state index contributed by atoms with van der Waals surface area (Å²) in [5.41, 5.74) is 1.01. The Morgan fingerprint density at radius 2 is 2.10 bits per heavy atom. The van der Waals surface area contributed by atoms with E-state index in [0.717, 1.165) is 10.0 Å². The molecule has 5 heteroatoms. The number of ether oxygens (including phenoxy) is 1. The van der Waals surface area contributed by atoms with Gasteiger partial charge in [0.1, 0.15) is 5.75 Å². The fourth-order valence-electron chi connectivity index (χ4n) is 1.95. The van der Waals surface area contributed by atoms with Gasteiger partial charge < -0.3 is 15.2 Å². The molecule has 1 rings (SSSR count). The molecule has 0 saturated carbocycles. The molecule has 118 valence electrons. The van der Waals surface area contributed by atoms with Crippen LogP contribution in [0.1, 0.15) is 32.8 Å². The van der Waals surface area contributed by atoms with Crippen LogP contribution in [0.3, 0.4) is 0 Å². The Balaban J connectivity index is 2.57. The van der Waals surface area contributed by atoms with Crippen molar-refractivity contribution in [2.45, 2.75) is 40.2 Å². The SMILES string of the molecule is Cc1ccc(OCC(=O)NC(CCO)C(C)(C)C)c(Br)c1. The third kappa shape index (κ3) is 6.06. The number of aliphatic hydroxyl groups excluding tert-OH is 1. The van der Waals surface area contributed by atoms with Gasteiger partial charge in [0.15, 0.2) is 6.61 Å². The van der Waals surface area contributed by atoms with Crippen LogP contribution in [0.5, 0.6) is 5.75 Å². The molecule has 1 atom stereocenters. The molecule has 1 amide bonds. The molecule has 0 fully saturated rings. The second-order valence-electron chi connectivity index (χ2n) is 6.22. The second kappa shape index (κ2) is 7.80. The molecule has 1 aromatic rings. The first-order chi connectivity index (χ1) is 9.74. The average Bonchev–Trinajstić information content (AvgIpc) is 2.36. The van der Waals surface area contributed by atoms with Gasteiger partial charge in [-0.2, -0.15) is 0 Å². The Morgan fingerprint density at radius 1 is 1.43 bits per heavy atom. The third-order valence-electron chi connectivity index (χ3n) is 3.24. The predicted molar refractivity (Wildman–Crippen MR) is 87.5 cm³/mol. The molecule has 0 aliphatic carbocycles. The highest BCUT2D eigenvalue weighted by atomic mass is 79.9. The van der Waals surface area contributed by atoms with E-state index < -0.39 is 0 Å². The van der Waals surface area contributed by atoms with Crippen LogP contribution in [-0.4, -0.2) is 30.3 Å². The lowest BCUT2D eigenvalue weighted by molar-refractivity contribution is -0.124. The van der Waals surface area contributed by atoms with Crippen LogP contribution in [0.15, 0.2) is 22.7 Å². The van der Waals surface area contributed by atoms with Crippen molar-refractivity contribution in [3.63, 3.8) is 0 Å². The van der Waals surface area contributed by atoms with Crippen molar-refractivity contribution in [3.8, 4) is 5.75 Å². The summed E-state index contributed by atoms with van der Waals surface area (Å²) in [6.07, 6.45) is 0.531. The number of halogens is 1. The van der Waals surface area contributed by atoms with Crippen molar-refractivity contribution in [1.82, 2.24) is 5.32 Å². The number of rotatable bonds is 6. The summed E-state index contributed by atoms with van der Waals surface area (Å²) >= 11 is 3.41. The molecular weight excluding hydrogens is 334 g/mol. The van der Waals surface area contributed by atoms with Crippen molar-refractivity contribution in [3.05, 3.63) is 28.2 Å². The monoisotopic (exact) mass is 357 g/mol. The lowest BCUT2D eigenvalue weighted by Crippen LogP contribution is -2.46. The molecule has 1 aromatic carbocycles. The van der Waals surface area contributed by atoms with Gasteiger partial charge in [-0.1, -0.05) is 26.8 Å². The minimum absolute atomic E-state index is 0.0420. The van der Waals surface area contributed by atoms with Gasteiger partial charge in [0.05, 0.1) is 4.47 Å². The highest BCUT2D eigenvalue weighted by Crippen LogP contribution is 2.26. The Morgan fingerprint density at radius 3 is 2.62 bits per heavy atom. The molecule has 0 radical (unpaired) electrons. The van der Waals surface area contributed by atoms with Crippen LogP contribution in [0, 0.1) is 12.3 Å². The molecule has 0 aromatic heterocycles. The third-order valence-corrected chi connectivity index (χ3v) is 3.86. The first-order valence-corrected chi connectivity index (χ1v) is 7.82. The smallest absolute Gasteiger partial charge is 0.258 e. The van der Waals surface area contributed by atoms with Crippen molar-refractivity contribution < 1.29 is 14.6 Å². The van der Waals surface area contributed by atoms with E-state index in [1.807, 2.05) is 45.9 Å². The number of aryl methyl sites for hydroxylation is 1. The maximum atomic E-state index is 12.0. The molecular formula is C16H24BrNO3. The van der Waals surface area contributed by atoms with Crippen molar-refractivity contribution in [2.75, 3.05) is 13.2 Å². The lowest BCUT2D eigenvalue weighted by atomic mass is 9.85. The normalized spacial score (nSPS) is 12.9. The zero-order chi connectivity index (χ0) is 16.0. The van der Waals surface area contributed by atoms with Gasteiger partial charge in [0.2, 0.25) is 0 Å². The summed E-state index contributed by atoms with van der Waals surface area (Å²) in [7, 11) is 0. The summed E-state index contributed by atoms with van der Waals surface area (Å²) < 4.78 is 6.36. The highest BCUT2D eigenvalue weighted by molar-refractivity contribution is 9.10. The summed E-state index contributed by atoms with van der Waals surface area (Å²) in [5.74, 6) is 0.459. The van der Waals surface area contributed by atoms with Crippen molar-refractivity contribution in [1.29, 1.82) is 0 Å². The summed E-state index contributed by atoms with van der Waals surface area (Å²) in [5, 5.41) is 12.0. The van der Waals surface area contributed by atoms with E-state index in [4.69, 9.17) is 9.84 Å². The van der Waals surface area contributed by atoms with Gasteiger partial charge in [-0.15, -0.1) is 0 Å². The minimum Gasteiger partial charge on any atom is -0.483 e. The molecule has 0 heterocycles. The van der Waals surface area contributed by atoms with Crippen LogP contribution in [0.4, 0.5) is 0 Å². The number of nitrogens with one attached hydrogen (secondary N) is 1. The number of hydrogen-bond donors (Lipinski definition) is 2. The lowest BCUT2D eigenvalue weighted by Gasteiger charge is -2.31. The predicted octanol–water partition coefficient (Wildman–Crippen LogP) is 3.05. The van der Waals surface area contributed by atoms with Gasteiger partial charge in [0, 0.05) is 12.6 Å². The number of hydrogen-bond acceptors (Lipinski definition) is 3. The van der Waals surface area contributed by atoms with Gasteiger partial charge in [-0.05, 0) is 52.4 Å². The Bertz CT molecular complexity index is 483. The van der Waals surface area contributed by atoms with E-state index in [9.17, 15) is 4.79 Å². The van der Waals surface area contributed by atoms with Crippen LogP contribution in [0.2, 0.25) is 0 Å². The fraction of sp³-hybridized carbons (Fsp3) is 0.562. The van der Waals surface area contributed by atoms with Gasteiger partial charge >= 0.3 is 0 Å². The molecule has 2 N–H and O–H groups in total. The molecule has 0 bridgehead atoms. The second-order valence-corrected chi connectivity index (χ2v) is 7.08. The minimum atomic E-state index is -0.184.